The van der Waals surface area contributed by atoms with Crippen molar-refractivity contribution in [3.05, 3.63) is 52.7 Å². The largest absolute Gasteiger partial charge is 0.471 e. The number of anilines is 1. The quantitative estimate of drug-likeness (QED) is 0.690. The number of hydrogen-bond acceptors (Lipinski definition) is 3. The molecule has 0 saturated heterocycles. The van der Waals surface area contributed by atoms with E-state index < -0.39 is 12.1 Å². The van der Waals surface area contributed by atoms with Gasteiger partial charge in [-0.3, -0.25) is 9.59 Å². The molecule has 0 fully saturated rings. The Labute approximate surface area is 126 Å². The van der Waals surface area contributed by atoms with Crippen molar-refractivity contribution in [3.8, 4) is 0 Å². The van der Waals surface area contributed by atoms with E-state index in [1.54, 1.807) is 23.5 Å². The third kappa shape index (κ3) is 2.55. The summed E-state index contributed by atoms with van der Waals surface area (Å²) in [6, 6.07) is 11.1. The average molecular weight is 323 g/mol. The van der Waals surface area contributed by atoms with Crippen molar-refractivity contribution in [2.24, 2.45) is 0 Å². The Morgan fingerprint density at radius 1 is 1.00 bits per heavy atom. The summed E-state index contributed by atoms with van der Waals surface area (Å²) in [7, 11) is 0. The molecule has 3 rings (SSSR count). The number of nitrogens with one attached hydrogen (secondary N) is 1. The highest BCUT2D eigenvalue weighted by atomic mass is 32.1. The van der Waals surface area contributed by atoms with Crippen molar-refractivity contribution in [1.29, 1.82) is 0 Å². The molecule has 3 aromatic rings. The molecule has 22 heavy (non-hydrogen) atoms. The average Bonchev–Trinajstić information content (AvgIpc) is 2.47. The first kappa shape index (κ1) is 14.5. The number of rotatable bonds is 1. The van der Waals surface area contributed by atoms with E-state index in [0.29, 0.717) is 10.1 Å². The van der Waals surface area contributed by atoms with Crippen LogP contribution in [0.3, 0.4) is 0 Å². The van der Waals surface area contributed by atoms with Gasteiger partial charge in [0.05, 0.1) is 0 Å². The van der Waals surface area contributed by atoms with Gasteiger partial charge in [-0.1, -0.05) is 12.1 Å². The lowest BCUT2D eigenvalue weighted by Gasteiger charge is -2.08. The van der Waals surface area contributed by atoms with E-state index in [1.807, 2.05) is 6.07 Å². The second-order valence-electron chi connectivity index (χ2n) is 4.59. The summed E-state index contributed by atoms with van der Waals surface area (Å²) in [5.41, 5.74) is -0.332. The third-order valence-electron chi connectivity index (χ3n) is 3.09. The first-order chi connectivity index (χ1) is 10.4. The first-order valence-corrected chi connectivity index (χ1v) is 7.02. The van der Waals surface area contributed by atoms with Gasteiger partial charge in [0.2, 0.25) is 0 Å². The molecular weight excluding hydrogens is 315 g/mol. The van der Waals surface area contributed by atoms with Gasteiger partial charge in [0.1, 0.15) is 0 Å². The van der Waals surface area contributed by atoms with E-state index in [2.05, 4.69) is 0 Å². The Bertz CT molecular complexity index is 947. The fourth-order valence-corrected chi connectivity index (χ4v) is 3.13. The number of amides is 1. The maximum atomic E-state index is 12.4. The number of benzene rings is 2. The molecule has 3 nitrogen and oxygen atoms in total. The van der Waals surface area contributed by atoms with Crippen LogP contribution in [-0.4, -0.2) is 12.1 Å². The summed E-state index contributed by atoms with van der Waals surface area (Å²) in [6.07, 6.45) is -4.97. The van der Waals surface area contributed by atoms with Crippen LogP contribution in [0.25, 0.3) is 20.2 Å². The molecule has 7 heteroatoms. The van der Waals surface area contributed by atoms with Gasteiger partial charge in [0.15, 0.2) is 5.43 Å². The highest BCUT2D eigenvalue weighted by Gasteiger charge is 2.38. The summed E-state index contributed by atoms with van der Waals surface area (Å²) in [4.78, 5) is 23.4. The summed E-state index contributed by atoms with van der Waals surface area (Å²) < 4.78 is 38.2. The lowest BCUT2D eigenvalue weighted by Crippen LogP contribution is -2.29. The molecule has 0 aliphatic carbocycles. The molecule has 0 unspecified atom stereocenters. The second-order valence-corrected chi connectivity index (χ2v) is 5.67. The predicted octanol–water partition coefficient (Wildman–Crippen LogP) is 3.92. The van der Waals surface area contributed by atoms with E-state index in [0.717, 1.165) is 4.70 Å². The fourth-order valence-electron chi connectivity index (χ4n) is 2.08. The minimum absolute atomic E-state index is 0.0607. The molecule has 0 radical (unpaired) electrons. The zero-order valence-electron chi connectivity index (χ0n) is 10.9. The smallest absolute Gasteiger partial charge is 0.318 e. The summed E-state index contributed by atoms with van der Waals surface area (Å²) in [6.45, 7) is 0. The van der Waals surface area contributed by atoms with Crippen LogP contribution in [0, 0.1) is 0 Å². The Morgan fingerprint density at radius 2 is 1.68 bits per heavy atom. The van der Waals surface area contributed by atoms with E-state index in [-0.39, 0.29) is 16.5 Å². The minimum atomic E-state index is -4.97. The standard InChI is InChI=1S/C15H8F3NO2S/c16-15(17,18)14(21)19-8-5-6-12-10(7-8)13(20)9-3-1-2-4-11(9)22-12/h1-7H,(H,19,21). The number of halogens is 3. The van der Waals surface area contributed by atoms with Crippen molar-refractivity contribution in [2.75, 3.05) is 5.32 Å². The maximum absolute atomic E-state index is 12.4. The van der Waals surface area contributed by atoms with Crippen LogP contribution in [0.15, 0.2) is 47.3 Å². The Kier molecular flexibility index (Phi) is 3.37. The zero-order chi connectivity index (χ0) is 15.9. The molecule has 1 aromatic heterocycles. The molecule has 1 heterocycles. The van der Waals surface area contributed by atoms with Gasteiger partial charge in [-0.2, -0.15) is 13.2 Å². The van der Waals surface area contributed by atoms with Crippen molar-refractivity contribution >= 4 is 43.1 Å². The van der Waals surface area contributed by atoms with Gasteiger partial charge in [0, 0.05) is 25.9 Å². The molecule has 0 aliphatic rings. The van der Waals surface area contributed by atoms with Gasteiger partial charge in [-0.25, -0.2) is 0 Å². The van der Waals surface area contributed by atoms with E-state index >= 15 is 0 Å². The lowest BCUT2D eigenvalue weighted by atomic mass is 10.1. The molecular formula is C15H8F3NO2S. The van der Waals surface area contributed by atoms with Gasteiger partial charge in [-0.05, 0) is 30.3 Å². The highest BCUT2D eigenvalue weighted by Crippen LogP contribution is 2.27. The molecule has 0 bridgehead atoms. The number of carbonyl (C=O) groups excluding carboxylic acids is 1. The van der Waals surface area contributed by atoms with Crippen LogP contribution in [0.2, 0.25) is 0 Å². The fraction of sp³-hybridized carbons (Fsp3) is 0.0667. The Hall–Kier alpha value is -2.41. The third-order valence-corrected chi connectivity index (χ3v) is 4.24. The molecule has 1 N–H and O–H groups in total. The van der Waals surface area contributed by atoms with Crippen LogP contribution in [0.4, 0.5) is 18.9 Å². The van der Waals surface area contributed by atoms with Crippen LogP contribution >= 0.6 is 11.3 Å². The number of hydrogen-bond donors (Lipinski definition) is 1. The predicted molar refractivity (Wildman–Crippen MR) is 80.3 cm³/mol. The van der Waals surface area contributed by atoms with Crippen molar-refractivity contribution in [1.82, 2.24) is 0 Å². The van der Waals surface area contributed by atoms with Crippen molar-refractivity contribution in [2.45, 2.75) is 6.18 Å². The van der Waals surface area contributed by atoms with E-state index in [4.69, 9.17) is 0 Å². The van der Waals surface area contributed by atoms with Crippen LogP contribution in [-0.2, 0) is 4.79 Å². The first-order valence-electron chi connectivity index (χ1n) is 6.20. The van der Waals surface area contributed by atoms with Gasteiger partial charge >= 0.3 is 12.1 Å². The van der Waals surface area contributed by atoms with Crippen molar-refractivity contribution in [3.63, 3.8) is 0 Å². The molecule has 0 spiro atoms. The highest BCUT2D eigenvalue weighted by molar-refractivity contribution is 7.24. The number of alkyl halides is 3. The van der Waals surface area contributed by atoms with Crippen molar-refractivity contribution < 1.29 is 18.0 Å². The van der Waals surface area contributed by atoms with Crippen LogP contribution in [0.1, 0.15) is 0 Å². The summed E-state index contributed by atoms with van der Waals surface area (Å²) in [5, 5.41) is 2.53. The Balaban J connectivity index is 2.14. The van der Waals surface area contributed by atoms with Gasteiger partial charge in [0.25, 0.3) is 0 Å². The molecule has 0 atom stereocenters. The molecule has 112 valence electrons. The van der Waals surface area contributed by atoms with E-state index in [1.165, 1.54) is 29.5 Å². The summed E-state index contributed by atoms with van der Waals surface area (Å²) in [5.74, 6) is -2.07. The molecule has 2 aromatic carbocycles. The minimum Gasteiger partial charge on any atom is -0.318 e. The maximum Gasteiger partial charge on any atom is 0.471 e. The second kappa shape index (κ2) is 5.10. The normalized spacial score (nSPS) is 11.8. The topological polar surface area (TPSA) is 46.2 Å². The zero-order valence-corrected chi connectivity index (χ0v) is 11.7. The lowest BCUT2D eigenvalue weighted by molar-refractivity contribution is -0.167. The SMILES string of the molecule is O=C(Nc1ccc2sc3ccccc3c(=O)c2c1)C(F)(F)F. The number of fused-ring (bicyclic) bond motifs is 2. The Morgan fingerprint density at radius 3 is 2.41 bits per heavy atom. The van der Waals surface area contributed by atoms with Gasteiger partial charge in [-0.15, -0.1) is 11.3 Å². The van der Waals surface area contributed by atoms with Crippen LogP contribution < -0.4 is 10.7 Å². The number of carbonyl (C=O) groups is 1. The van der Waals surface area contributed by atoms with Crippen LogP contribution in [0.5, 0.6) is 0 Å². The molecule has 0 aliphatic heterocycles. The molecule has 1 amide bonds. The molecule has 0 saturated carbocycles. The summed E-state index contributed by atoms with van der Waals surface area (Å²) >= 11 is 1.36. The van der Waals surface area contributed by atoms with E-state index in [9.17, 15) is 22.8 Å². The van der Waals surface area contributed by atoms with Gasteiger partial charge < -0.3 is 5.32 Å². The monoisotopic (exact) mass is 323 g/mol.